The van der Waals surface area contributed by atoms with Crippen molar-refractivity contribution in [2.75, 3.05) is 46.0 Å². The highest BCUT2D eigenvalue weighted by Crippen LogP contribution is 2.35. The van der Waals surface area contributed by atoms with Crippen LogP contribution in [0.25, 0.3) is 10.2 Å². The number of sulfonamides is 1. The number of aryl methyl sites for hydroxylation is 1. The Morgan fingerprint density at radius 2 is 1.67 bits per heavy atom. The highest BCUT2D eigenvalue weighted by Gasteiger charge is 2.30. The predicted molar refractivity (Wildman–Crippen MR) is 145 cm³/mol. The Bertz CT molecular complexity index is 1550. The lowest BCUT2D eigenvalue weighted by Gasteiger charge is -2.33. The first kappa shape index (κ1) is 27.2. The van der Waals surface area contributed by atoms with Crippen molar-refractivity contribution in [2.24, 2.45) is 4.99 Å². The molecule has 3 aromatic rings. The molecule has 1 aromatic heterocycles. The maximum Gasteiger partial charge on any atom is 0.409 e. The van der Waals surface area contributed by atoms with Crippen LogP contribution < -0.4 is 14.3 Å². The summed E-state index contributed by atoms with van der Waals surface area (Å²) in [5.41, 5.74) is 1.20. The SMILES string of the molecule is CCCn1c(=NC(=O)c2ccc(S(=O)(=O)N3CCN(C(=O)OCC)CC3)cc2)sc2cc3c(cc21)OCCO3. The first-order valence-electron chi connectivity index (χ1n) is 12.9. The number of aromatic nitrogens is 1. The van der Waals surface area contributed by atoms with E-state index in [0.717, 1.165) is 16.6 Å². The number of rotatable bonds is 6. The Kier molecular flexibility index (Phi) is 7.91. The van der Waals surface area contributed by atoms with Crippen LogP contribution >= 0.6 is 11.3 Å². The van der Waals surface area contributed by atoms with Crippen LogP contribution in [0.5, 0.6) is 11.5 Å². The number of benzene rings is 2. The summed E-state index contributed by atoms with van der Waals surface area (Å²) in [6.07, 6.45) is 0.406. The number of ether oxygens (including phenoxy) is 3. The van der Waals surface area contributed by atoms with Gasteiger partial charge in [0.25, 0.3) is 5.91 Å². The van der Waals surface area contributed by atoms with E-state index in [1.165, 1.54) is 44.8 Å². The predicted octanol–water partition coefficient (Wildman–Crippen LogP) is 3.09. The molecule has 13 heteroatoms. The maximum absolute atomic E-state index is 13.1. The summed E-state index contributed by atoms with van der Waals surface area (Å²) >= 11 is 1.39. The second-order valence-electron chi connectivity index (χ2n) is 9.03. The van der Waals surface area contributed by atoms with Gasteiger partial charge in [-0.1, -0.05) is 18.3 Å². The zero-order valence-corrected chi connectivity index (χ0v) is 23.4. The number of piperazine rings is 1. The molecule has 2 aromatic carbocycles. The third kappa shape index (κ3) is 5.52. The van der Waals surface area contributed by atoms with E-state index in [1.54, 1.807) is 6.92 Å². The molecular weight excluding hydrogens is 544 g/mol. The maximum atomic E-state index is 13.1. The van der Waals surface area contributed by atoms with E-state index in [2.05, 4.69) is 11.9 Å². The molecule has 5 rings (SSSR count). The quantitative estimate of drug-likeness (QED) is 0.444. The first-order valence-corrected chi connectivity index (χ1v) is 15.1. The molecule has 11 nitrogen and oxygen atoms in total. The van der Waals surface area contributed by atoms with Crippen LogP contribution in [0, 0.1) is 0 Å². The van der Waals surface area contributed by atoms with Gasteiger partial charge in [-0.05, 0) is 37.6 Å². The smallest absolute Gasteiger partial charge is 0.409 e. The fourth-order valence-corrected chi connectivity index (χ4v) is 7.01. The number of fused-ring (bicyclic) bond motifs is 2. The zero-order chi connectivity index (χ0) is 27.6. The molecule has 1 fully saturated rings. The molecule has 0 atom stereocenters. The average Bonchev–Trinajstić information content (AvgIpc) is 3.27. The fourth-order valence-electron chi connectivity index (χ4n) is 4.53. The van der Waals surface area contributed by atoms with Crippen LogP contribution in [-0.2, 0) is 21.3 Å². The molecule has 0 N–H and O–H groups in total. The van der Waals surface area contributed by atoms with E-state index in [4.69, 9.17) is 14.2 Å². The Balaban J connectivity index is 1.36. The highest BCUT2D eigenvalue weighted by molar-refractivity contribution is 7.89. The van der Waals surface area contributed by atoms with E-state index in [1.807, 2.05) is 16.7 Å². The van der Waals surface area contributed by atoms with Gasteiger partial charge in [-0.2, -0.15) is 9.30 Å². The van der Waals surface area contributed by atoms with Gasteiger partial charge >= 0.3 is 6.09 Å². The van der Waals surface area contributed by atoms with E-state index in [9.17, 15) is 18.0 Å². The van der Waals surface area contributed by atoms with Gasteiger partial charge < -0.3 is 23.7 Å². The lowest BCUT2D eigenvalue weighted by molar-refractivity contribution is 0.0933. The normalized spacial score (nSPS) is 16.5. The van der Waals surface area contributed by atoms with Gasteiger partial charge in [0.2, 0.25) is 10.0 Å². The van der Waals surface area contributed by atoms with Crippen LogP contribution in [0.1, 0.15) is 30.6 Å². The van der Waals surface area contributed by atoms with E-state index < -0.39 is 22.0 Å². The summed E-state index contributed by atoms with van der Waals surface area (Å²) in [6, 6.07) is 9.63. The minimum absolute atomic E-state index is 0.0807. The molecule has 208 valence electrons. The van der Waals surface area contributed by atoms with Crippen molar-refractivity contribution in [1.29, 1.82) is 0 Å². The summed E-state index contributed by atoms with van der Waals surface area (Å²) in [5.74, 6) is 0.889. The molecule has 1 saturated heterocycles. The third-order valence-corrected chi connectivity index (χ3v) is 9.45. The van der Waals surface area contributed by atoms with Gasteiger partial charge in [-0.15, -0.1) is 0 Å². The van der Waals surface area contributed by atoms with Gasteiger partial charge in [-0.25, -0.2) is 13.2 Å². The van der Waals surface area contributed by atoms with Crippen LogP contribution in [0.3, 0.4) is 0 Å². The number of nitrogens with zero attached hydrogens (tertiary/aromatic N) is 4. The number of carbonyl (C=O) groups is 2. The monoisotopic (exact) mass is 574 g/mol. The molecule has 0 unspecified atom stereocenters. The van der Waals surface area contributed by atoms with Crippen molar-refractivity contribution in [3.05, 3.63) is 46.8 Å². The molecule has 3 heterocycles. The Labute approximate surface area is 230 Å². The zero-order valence-electron chi connectivity index (χ0n) is 21.8. The molecular formula is C26H30N4O7S2. The number of thiazole rings is 1. The Morgan fingerprint density at radius 1 is 1.00 bits per heavy atom. The van der Waals surface area contributed by atoms with Crippen molar-refractivity contribution < 1.29 is 32.2 Å². The lowest BCUT2D eigenvalue weighted by atomic mass is 10.2. The molecule has 0 aliphatic carbocycles. The summed E-state index contributed by atoms with van der Waals surface area (Å²) in [7, 11) is -3.78. The van der Waals surface area contributed by atoms with Gasteiger partial charge in [0.1, 0.15) is 13.2 Å². The lowest BCUT2D eigenvalue weighted by Crippen LogP contribution is -2.50. The number of amides is 2. The number of carbonyl (C=O) groups excluding carboxylic acids is 2. The molecule has 2 aliphatic rings. The minimum atomic E-state index is -3.78. The van der Waals surface area contributed by atoms with Crippen molar-refractivity contribution in [3.63, 3.8) is 0 Å². The molecule has 0 bridgehead atoms. The van der Waals surface area contributed by atoms with Crippen molar-refractivity contribution in [3.8, 4) is 11.5 Å². The summed E-state index contributed by atoms with van der Waals surface area (Å²) in [5, 5.41) is 0. The molecule has 0 radical (unpaired) electrons. The van der Waals surface area contributed by atoms with Crippen molar-refractivity contribution in [1.82, 2.24) is 13.8 Å². The largest absolute Gasteiger partial charge is 0.486 e. The molecule has 39 heavy (non-hydrogen) atoms. The topological polar surface area (TPSA) is 120 Å². The van der Waals surface area contributed by atoms with E-state index in [0.29, 0.717) is 36.1 Å². The summed E-state index contributed by atoms with van der Waals surface area (Å²) < 4.78 is 47.0. The van der Waals surface area contributed by atoms with Gasteiger partial charge in [0, 0.05) is 50.4 Å². The first-order chi connectivity index (χ1) is 18.8. The number of hydrogen-bond donors (Lipinski definition) is 0. The van der Waals surface area contributed by atoms with Crippen molar-refractivity contribution in [2.45, 2.75) is 31.7 Å². The minimum Gasteiger partial charge on any atom is -0.486 e. The molecule has 0 saturated carbocycles. The van der Waals surface area contributed by atoms with Crippen molar-refractivity contribution >= 4 is 43.6 Å². The number of hydrogen-bond acceptors (Lipinski definition) is 8. The molecule has 0 spiro atoms. The Hall–Kier alpha value is -3.42. The second kappa shape index (κ2) is 11.4. The molecule has 2 amide bonds. The molecule has 2 aliphatic heterocycles. The van der Waals surface area contributed by atoms with Crippen LogP contribution in [0.15, 0.2) is 46.3 Å². The summed E-state index contributed by atoms with van der Waals surface area (Å²) in [4.78, 5) is 31.5. The average molecular weight is 575 g/mol. The van der Waals surface area contributed by atoms with Gasteiger partial charge in [0.05, 0.1) is 21.7 Å². The highest BCUT2D eigenvalue weighted by atomic mass is 32.2. The van der Waals surface area contributed by atoms with Crippen LogP contribution in [0.4, 0.5) is 4.79 Å². The van der Waals surface area contributed by atoms with Gasteiger partial charge in [0.15, 0.2) is 16.3 Å². The van der Waals surface area contributed by atoms with Crippen LogP contribution in [0.2, 0.25) is 0 Å². The Morgan fingerprint density at radius 3 is 2.31 bits per heavy atom. The van der Waals surface area contributed by atoms with Crippen LogP contribution in [-0.4, -0.2) is 80.2 Å². The van der Waals surface area contributed by atoms with E-state index >= 15 is 0 Å². The third-order valence-electron chi connectivity index (χ3n) is 6.49. The fraction of sp³-hybridized carbons (Fsp3) is 0.423. The standard InChI is InChI=1S/C26H30N4O7S2/c1-3-9-30-20-16-21-22(37-15-14-36-21)17-23(20)38-25(30)27-24(31)18-5-7-19(8-6-18)39(33,34)29-12-10-28(11-13-29)26(32)35-4-2/h5-8,16-17H,3-4,9-15H2,1-2H3. The van der Waals surface area contributed by atoms with Gasteiger partial charge in [-0.3, -0.25) is 4.79 Å². The van der Waals surface area contributed by atoms with E-state index in [-0.39, 0.29) is 43.2 Å². The summed E-state index contributed by atoms with van der Waals surface area (Å²) in [6.45, 7) is 6.53. The second-order valence-corrected chi connectivity index (χ2v) is 12.0.